The van der Waals surface area contributed by atoms with Gasteiger partial charge in [-0.1, -0.05) is 60.7 Å². The van der Waals surface area contributed by atoms with Gasteiger partial charge in [-0.15, -0.1) is 0 Å². The topological polar surface area (TPSA) is 159 Å². The van der Waals surface area contributed by atoms with Crippen LogP contribution in [0.25, 0.3) is 0 Å². The highest BCUT2D eigenvalue weighted by atomic mass is 31.2. The van der Waals surface area contributed by atoms with Gasteiger partial charge in [0.25, 0.3) is 0 Å². The van der Waals surface area contributed by atoms with Gasteiger partial charge < -0.3 is 23.7 Å². The van der Waals surface area contributed by atoms with Gasteiger partial charge in [0, 0.05) is 27.7 Å². The maximum absolute atomic E-state index is 14.1. The molecule has 2 aromatic rings. The molecule has 1 heterocycles. The highest BCUT2D eigenvalue weighted by Gasteiger charge is 2.55. The Kier molecular flexibility index (Phi) is 12.2. The first-order valence-electron chi connectivity index (χ1n) is 12.9. The molecule has 0 unspecified atom stereocenters. The van der Waals surface area contributed by atoms with Gasteiger partial charge in [-0.25, -0.2) is 4.57 Å². The van der Waals surface area contributed by atoms with Crippen molar-refractivity contribution < 1.29 is 61.0 Å². The summed E-state index contributed by atoms with van der Waals surface area (Å²) in [5.41, 5.74) is 1.29. The van der Waals surface area contributed by atoms with Crippen molar-refractivity contribution in [3.63, 3.8) is 0 Å². The van der Waals surface area contributed by atoms with E-state index in [0.717, 1.165) is 27.7 Å². The number of carbonyl (C=O) groups excluding carboxylic acids is 4. The minimum absolute atomic E-state index is 0.196. The fourth-order valence-electron chi connectivity index (χ4n) is 3.95. The molecule has 0 N–H and O–H groups in total. The first-order valence-corrected chi connectivity index (χ1v) is 14.4. The SMILES string of the molecule is CC(=O)OC[C@H]1O[C@@H](OP(=O)(OCc2ccccc2)OCc2ccccc2)[C@H](OC(C)=O)[C@@H](OC(C)=O)[C@@H]1OC(C)=O. The molecule has 13 nitrogen and oxygen atoms in total. The monoisotopic (exact) mass is 608 g/mol. The second kappa shape index (κ2) is 15.6. The molecule has 0 bridgehead atoms. The summed E-state index contributed by atoms with van der Waals surface area (Å²) >= 11 is 0. The van der Waals surface area contributed by atoms with Crippen molar-refractivity contribution in [2.24, 2.45) is 0 Å². The molecule has 1 aliphatic heterocycles. The van der Waals surface area contributed by atoms with Crippen LogP contribution in [-0.2, 0) is 74.2 Å². The summed E-state index contributed by atoms with van der Waals surface area (Å²) in [6.45, 7) is 3.52. The lowest BCUT2D eigenvalue weighted by atomic mass is 9.98. The third-order valence-electron chi connectivity index (χ3n) is 5.65. The Morgan fingerprint density at radius 3 is 1.57 bits per heavy atom. The van der Waals surface area contributed by atoms with Gasteiger partial charge in [0.05, 0.1) is 13.2 Å². The molecule has 3 rings (SSSR count). The molecule has 0 saturated carbocycles. The highest BCUT2D eigenvalue weighted by Crippen LogP contribution is 2.53. The van der Waals surface area contributed by atoms with Crippen molar-refractivity contribution in [2.75, 3.05) is 6.61 Å². The summed E-state index contributed by atoms with van der Waals surface area (Å²) < 4.78 is 58.2. The molecule has 5 atom stereocenters. The molecular formula is C28H33O13P. The molecule has 0 amide bonds. The lowest BCUT2D eigenvalue weighted by molar-refractivity contribution is -0.292. The lowest BCUT2D eigenvalue weighted by Crippen LogP contribution is -2.62. The van der Waals surface area contributed by atoms with Crippen LogP contribution in [0.4, 0.5) is 0 Å². The number of phosphoric acid groups is 1. The number of carbonyl (C=O) groups is 4. The number of hydrogen-bond donors (Lipinski definition) is 0. The molecule has 0 aromatic heterocycles. The molecule has 0 spiro atoms. The molecule has 2 aromatic carbocycles. The third-order valence-corrected chi connectivity index (χ3v) is 7.00. The van der Waals surface area contributed by atoms with E-state index in [9.17, 15) is 23.7 Å². The van der Waals surface area contributed by atoms with Crippen molar-refractivity contribution in [1.29, 1.82) is 0 Å². The Morgan fingerprint density at radius 2 is 1.12 bits per heavy atom. The molecule has 1 saturated heterocycles. The number of esters is 4. The fraction of sp³-hybridized carbons (Fsp3) is 0.429. The molecular weight excluding hydrogens is 575 g/mol. The quantitative estimate of drug-likeness (QED) is 0.184. The third kappa shape index (κ3) is 10.3. The highest BCUT2D eigenvalue weighted by molar-refractivity contribution is 7.48. The van der Waals surface area contributed by atoms with Gasteiger partial charge in [-0.3, -0.25) is 32.7 Å². The zero-order chi connectivity index (χ0) is 30.7. The minimum atomic E-state index is -4.54. The van der Waals surface area contributed by atoms with Crippen LogP contribution in [-0.4, -0.2) is 61.2 Å². The average molecular weight is 609 g/mol. The van der Waals surface area contributed by atoms with Crippen LogP contribution in [0.3, 0.4) is 0 Å². The van der Waals surface area contributed by atoms with Crippen LogP contribution in [0, 0.1) is 0 Å². The van der Waals surface area contributed by atoms with Crippen molar-refractivity contribution in [1.82, 2.24) is 0 Å². The van der Waals surface area contributed by atoms with Crippen molar-refractivity contribution in [3.8, 4) is 0 Å². The number of hydrogen-bond acceptors (Lipinski definition) is 13. The Morgan fingerprint density at radius 1 is 0.667 bits per heavy atom. The summed E-state index contributed by atoms with van der Waals surface area (Å²) in [5.74, 6) is -3.16. The number of benzene rings is 2. The molecule has 1 aliphatic rings. The predicted octanol–water partition coefficient (Wildman–Crippen LogP) is 3.63. The van der Waals surface area contributed by atoms with Gasteiger partial charge in [0.1, 0.15) is 12.7 Å². The van der Waals surface area contributed by atoms with Crippen molar-refractivity contribution in [2.45, 2.75) is 71.6 Å². The van der Waals surface area contributed by atoms with E-state index in [0.29, 0.717) is 11.1 Å². The largest absolute Gasteiger partial charge is 0.477 e. The van der Waals surface area contributed by atoms with Crippen LogP contribution >= 0.6 is 7.82 Å². The smallest absolute Gasteiger partial charge is 0.463 e. The van der Waals surface area contributed by atoms with Gasteiger partial charge in [0.2, 0.25) is 6.29 Å². The molecule has 1 fully saturated rings. The van der Waals surface area contributed by atoms with Gasteiger partial charge in [0.15, 0.2) is 18.3 Å². The Hall–Kier alpha value is -3.61. The minimum Gasteiger partial charge on any atom is -0.463 e. The van der Waals surface area contributed by atoms with Gasteiger partial charge in [-0.2, -0.15) is 0 Å². The number of rotatable bonds is 13. The second-order valence-corrected chi connectivity index (χ2v) is 10.8. The standard InChI is InChI=1S/C28H33O13P/c1-18(29)34-17-24-25(37-19(2)30)26(38-20(3)31)27(39-21(4)32)28(40-24)41-42(33,35-15-22-11-7-5-8-12-22)36-16-23-13-9-6-10-14-23/h5-14,24-28H,15-17H2,1-4H3/t24-,25-,26+,27-,28+/m1/s1. The van der Waals surface area contributed by atoms with E-state index in [4.69, 9.17) is 37.3 Å². The number of ether oxygens (including phenoxy) is 5. The first kappa shape index (κ1) is 32.9. The average Bonchev–Trinajstić information content (AvgIpc) is 2.93. The van der Waals surface area contributed by atoms with Crippen LogP contribution in [0.15, 0.2) is 60.7 Å². The van der Waals surface area contributed by atoms with Crippen LogP contribution < -0.4 is 0 Å². The fourth-order valence-corrected chi connectivity index (χ4v) is 5.19. The maximum Gasteiger partial charge on any atom is 0.477 e. The molecule has 0 radical (unpaired) electrons. The van der Waals surface area contributed by atoms with E-state index in [2.05, 4.69) is 0 Å². The zero-order valence-corrected chi connectivity index (χ0v) is 24.4. The van der Waals surface area contributed by atoms with Crippen LogP contribution in [0.1, 0.15) is 38.8 Å². The molecule has 228 valence electrons. The van der Waals surface area contributed by atoms with Crippen molar-refractivity contribution >= 4 is 31.7 Å². The summed E-state index contributed by atoms with van der Waals surface area (Å²) in [6.07, 6.45) is -7.62. The zero-order valence-electron chi connectivity index (χ0n) is 23.5. The van der Waals surface area contributed by atoms with Crippen LogP contribution in [0.2, 0.25) is 0 Å². The first-order chi connectivity index (χ1) is 20.0. The summed E-state index contributed by atoms with van der Waals surface area (Å²) in [5, 5.41) is 0. The molecule has 42 heavy (non-hydrogen) atoms. The molecule has 0 aliphatic carbocycles. The lowest BCUT2D eigenvalue weighted by Gasteiger charge is -2.44. The van der Waals surface area contributed by atoms with E-state index in [-0.39, 0.29) is 13.2 Å². The predicted molar refractivity (Wildman–Crippen MR) is 143 cm³/mol. The maximum atomic E-state index is 14.1. The second-order valence-electron chi connectivity index (χ2n) is 9.14. The van der Waals surface area contributed by atoms with E-state index >= 15 is 0 Å². The van der Waals surface area contributed by atoms with E-state index in [1.165, 1.54) is 0 Å². The normalized spacial score (nSPS) is 22.0. The van der Waals surface area contributed by atoms with E-state index in [1.54, 1.807) is 60.7 Å². The summed E-state index contributed by atoms with van der Waals surface area (Å²) in [4.78, 5) is 47.7. The molecule has 14 heteroatoms. The number of phosphoric ester groups is 1. The van der Waals surface area contributed by atoms with E-state index < -0.39 is 69.0 Å². The Balaban J connectivity index is 1.98. The Labute approximate surface area is 242 Å². The van der Waals surface area contributed by atoms with Gasteiger partial charge >= 0.3 is 31.7 Å². The summed E-state index contributed by atoms with van der Waals surface area (Å²) in [6, 6.07) is 17.6. The Bertz CT molecular complexity index is 1210. The van der Waals surface area contributed by atoms with Crippen molar-refractivity contribution in [3.05, 3.63) is 71.8 Å². The summed E-state index contributed by atoms with van der Waals surface area (Å²) in [7, 11) is -4.54. The van der Waals surface area contributed by atoms with Crippen LogP contribution in [0.5, 0.6) is 0 Å². The van der Waals surface area contributed by atoms with E-state index in [1.807, 2.05) is 0 Å². The van der Waals surface area contributed by atoms with Gasteiger partial charge in [-0.05, 0) is 11.1 Å².